The lowest BCUT2D eigenvalue weighted by atomic mass is 9.89. The van der Waals surface area contributed by atoms with Crippen LogP contribution in [0.2, 0.25) is 5.02 Å². The number of anilines is 1. The maximum Gasteiger partial charge on any atom is 0.258 e. The largest absolute Gasteiger partial charge is 0.370 e. The van der Waals surface area contributed by atoms with Crippen LogP contribution in [-0.4, -0.2) is 22.6 Å². The Morgan fingerprint density at radius 3 is 2.44 bits per heavy atom. The van der Waals surface area contributed by atoms with Crippen LogP contribution in [0.25, 0.3) is 16.5 Å². The minimum Gasteiger partial charge on any atom is -0.370 e. The van der Waals surface area contributed by atoms with Crippen molar-refractivity contribution in [3.63, 3.8) is 0 Å². The summed E-state index contributed by atoms with van der Waals surface area (Å²) in [6.07, 6.45) is 3.19. The number of rotatable bonds is 4. The summed E-state index contributed by atoms with van der Waals surface area (Å²) in [4.78, 5) is 19.2. The molecule has 4 nitrogen and oxygen atoms in total. The van der Waals surface area contributed by atoms with Crippen molar-refractivity contribution in [1.29, 1.82) is 0 Å². The van der Waals surface area contributed by atoms with Crippen molar-refractivity contribution in [2.75, 3.05) is 18.0 Å². The smallest absolute Gasteiger partial charge is 0.258 e. The molecule has 0 unspecified atom stereocenters. The predicted octanol–water partition coefficient (Wildman–Crippen LogP) is 6.25. The van der Waals surface area contributed by atoms with Crippen LogP contribution in [0.5, 0.6) is 0 Å². The van der Waals surface area contributed by atoms with Gasteiger partial charge < -0.3 is 4.90 Å². The number of fused-ring (bicyclic) bond motifs is 1. The van der Waals surface area contributed by atoms with E-state index in [0.29, 0.717) is 22.5 Å². The van der Waals surface area contributed by atoms with Crippen molar-refractivity contribution in [3.8, 4) is 5.69 Å². The van der Waals surface area contributed by atoms with E-state index in [0.717, 1.165) is 54.5 Å². The summed E-state index contributed by atoms with van der Waals surface area (Å²) in [6.45, 7) is 5.52. The van der Waals surface area contributed by atoms with Gasteiger partial charge in [-0.1, -0.05) is 35.9 Å². The zero-order valence-electron chi connectivity index (χ0n) is 19.4. The van der Waals surface area contributed by atoms with Crippen molar-refractivity contribution in [2.45, 2.75) is 33.1 Å². The Bertz CT molecular complexity index is 1420. The zero-order valence-corrected chi connectivity index (χ0v) is 20.1. The van der Waals surface area contributed by atoms with Crippen LogP contribution < -0.4 is 10.5 Å². The lowest BCUT2D eigenvalue weighted by molar-refractivity contribution is 0.404. The molecule has 0 bridgehead atoms. The van der Waals surface area contributed by atoms with E-state index < -0.39 is 0 Å². The van der Waals surface area contributed by atoms with E-state index in [-0.39, 0.29) is 11.4 Å². The van der Waals surface area contributed by atoms with Crippen LogP contribution in [-0.2, 0) is 6.42 Å². The van der Waals surface area contributed by atoms with Crippen molar-refractivity contribution in [3.05, 3.63) is 98.9 Å². The molecule has 1 saturated heterocycles. The molecule has 34 heavy (non-hydrogen) atoms. The average Bonchev–Trinajstić information content (AvgIpc) is 2.79. The number of aromatic nitrogens is 2. The van der Waals surface area contributed by atoms with Gasteiger partial charge in [0, 0.05) is 24.8 Å². The van der Waals surface area contributed by atoms with E-state index in [4.69, 9.17) is 11.6 Å². The summed E-state index contributed by atoms with van der Waals surface area (Å²) < 4.78 is 15.0. The van der Waals surface area contributed by atoms with Crippen LogP contribution in [0.1, 0.15) is 29.9 Å². The first-order valence-electron chi connectivity index (χ1n) is 11.7. The second-order valence-electron chi connectivity index (χ2n) is 9.21. The number of nitrogens with zero attached hydrogens (tertiary/aromatic N) is 3. The Balaban J connectivity index is 1.27. The third-order valence-electron chi connectivity index (χ3n) is 6.75. The van der Waals surface area contributed by atoms with Gasteiger partial charge in [-0.15, -0.1) is 0 Å². The van der Waals surface area contributed by atoms with E-state index in [1.807, 2.05) is 44.2 Å². The van der Waals surface area contributed by atoms with Gasteiger partial charge in [0.2, 0.25) is 0 Å². The topological polar surface area (TPSA) is 38.1 Å². The van der Waals surface area contributed by atoms with Gasteiger partial charge in [-0.05, 0) is 85.7 Å². The first-order valence-corrected chi connectivity index (χ1v) is 12.1. The first-order chi connectivity index (χ1) is 16.4. The normalized spacial score (nSPS) is 14.6. The van der Waals surface area contributed by atoms with E-state index in [1.165, 1.54) is 17.7 Å². The maximum absolute atomic E-state index is 13.4. The van der Waals surface area contributed by atoms with Crippen molar-refractivity contribution in [1.82, 2.24) is 9.55 Å². The van der Waals surface area contributed by atoms with Crippen LogP contribution in [0, 0.1) is 25.6 Å². The highest BCUT2D eigenvalue weighted by Crippen LogP contribution is 2.32. The number of aryl methyl sites for hydroxylation is 2. The molecule has 0 aliphatic carbocycles. The highest BCUT2D eigenvalue weighted by atomic mass is 35.5. The summed E-state index contributed by atoms with van der Waals surface area (Å²) in [5, 5.41) is 2.67. The molecule has 0 saturated carbocycles. The predicted molar refractivity (Wildman–Crippen MR) is 137 cm³/mol. The summed E-state index contributed by atoms with van der Waals surface area (Å²) in [5.74, 6) is 1.05. The monoisotopic (exact) mass is 475 g/mol. The number of halogens is 2. The molecule has 2 heterocycles. The van der Waals surface area contributed by atoms with Crippen LogP contribution in [0.3, 0.4) is 0 Å². The molecule has 3 aromatic carbocycles. The molecule has 4 aromatic rings. The molecule has 0 spiro atoms. The summed E-state index contributed by atoms with van der Waals surface area (Å²) in [7, 11) is 0. The highest BCUT2D eigenvalue weighted by Gasteiger charge is 2.22. The molecule has 5 rings (SSSR count). The number of hydrogen-bond donors (Lipinski definition) is 0. The van der Waals surface area contributed by atoms with Gasteiger partial charge >= 0.3 is 0 Å². The van der Waals surface area contributed by atoms with Crippen molar-refractivity contribution < 1.29 is 4.39 Å². The third-order valence-corrected chi connectivity index (χ3v) is 7.05. The Morgan fingerprint density at radius 1 is 0.971 bits per heavy atom. The lowest BCUT2D eigenvalue weighted by Gasteiger charge is -2.34. The Kier molecular flexibility index (Phi) is 6.13. The molecule has 1 fully saturated rings. The third kappa shape index (κ3) is 4.58. The fourth-order valence-electron chi connectivity index (χ4n) is 5.05. The second kappa shape index (κ2) is 9.22. The molecular weight excluding hydrogens is 449 g/mol. The van der Waals surface area contributed by atoms with Crippen LogP contribution in [0.15, 0.2) is 65.5 Å². The quantitative estimate of drug-likeness (QED) is 0.350. The second-order valence-corrected chi connectivity index (χ2v) is 9.62. The standard InChI is InChI=1S/C28H27ClFN3O/c1-18-13-28(34)33(19(2)31-18)25-7-8-27(26(29)17-25)32-11-9-20(10-12-32)14-21-3-4-23-16-24(30)6-5-22(23)15-21/h3-8,13,15-17,20H,9-12,14H2,1-2H3. The first kappa shape index (κ1) is 22.6. The van der Waals surface area contributed by atoms with Crippen molar-refractivity contribution >= 4 is 28.1 Å². The molecule has 6 heteroatoms. The van der Waals surface area contributed by atoms with Gasteiger partial charge in [0.15, 0.2) is 0 Å². The van der Waals surface area contributed by atoms with Gasteiger partial charge in [0.1, 0.15) is 11.6 Å². The minimum atomic E-state index is -0.197. The van der Waals surface area contributed by atoms with E-state index >= 15 is 0 Å². The van der Waals surface area contributed by atoms with E-state index in [1.54, 1.807) is 10.6 Å². The molecule has 174 valence electrons. The van der Waals surface area contributed by atoms with Crippen molar-refractivity contribution in [2.24, 2.45) is 5.92 Å². The SMILES string of the molecule is Cc1cc(=O)n(-c2ccc(N3CCC(Cc4ccc5cc(F)ccc5c4)CC3)c(Cl)c2)c(C)n1. The number of hydrogen-bond acceptors (Lipinski definition) is 3. The zero-order chi connectivity index (χ0) is 23.8. The fourth-order valence-corrected chi connectivity index (χ4v) is 5.34. The van der Waals surface area contributed by atoms with Gasteiger partial charge in [0.05, 0.1) is 16.4 Å². The summed E-state index contributed by atoms with van der Waals surface area (Å²) in [6, 6.07) is 18.6. The molecule has 1 aliphatic rings. The maximum atomic E-state index is 13.4. The highest BCUT2D eigenvalue weighted by molar-refractivity contribution is 6.33. The molecular formula is C28H27ClFN3O. The van der Waals surface area contributed by atoms with Crippen LogP contribution in [0.4, 0.5) is 10.1 Å². The van der Waals surface area contributed by atoms with Gasteiger partial charge in [0.25, 0.3) is 5.56 Å². The summed E-state index contributed by atoms with van der Waals surface area (Å²) >= 11 is 6.68. The Hall–Kier alpha value is -3.18. The minimum absolute atomic E-state index is 0.103. The van der Waals surface area contributed by atoms with Crippen LogP contribution >= 0.6 is 11.6 Å². The molecule has 0 atom stereocenters. The molecule has 0 amide bonds. The lowest BCUT2D eigenvalue weighted by Crippen LogP contribution is -2.34. The number of piperidine rings is 1. The Morgan fingerprint density at radius 2 is 1.71 bits per heavy atom. The Labute approximate surface area is 203 Å². The van der Waals surface area contributed by atoms with Gasteiger partial charge in [-0.3, -0.25) is 9.36 Å². The fraction of sp³-hybridized carbons (Fsp3) is 0.286. The van der Waals surface area contributed by atoms with E-state index in [2.05, 4.69) is 22.0 Å². The molecule has 0 radical (unpaired) electrons. The van der Waals surface area contributed by atoms with E-state index in [9.17, 15) is 9.18 Å². The molecule has 1 aliphatic heterocycles. The average molecular weight is 476 g/mol. The molecule has 1 aromatic heterocycles. The summed E-state index contributed by atoms with van der Waals surface area (Å²) in [5.41, 5.74) is 3.64. The molecule has 0 N–H and O–H groups in total. The number of benzene rings is 3. The van der Waals surface area contributed by atoms with Gasteiger partial charge in [-0.2, -0.15) is 0 Å². The van der Waals surface area contributed by atoms with Gasteiger partial charge in [-0.25, -0.2) is 9.37 Å².